The van der Waals surface area contributed by atoms with Crippen molar-refractivity contribution >= 4 is 16.6 Å². The summed E-state index contributed by atoms with van der Waals surface area (Å²) >= 11 is 0. The lowest BCUT2D eigenvalue weighted by Crippen LogP contribution is -2.33. The summed E-state index contributed by atoms with van der Waals surface area (Å²) in [5.74, 6) is 0.951. The third-order valence-corrected chi connectivity index (χ3v) is 3.24. The van der Waals surface area contributed by atoms with Crippen LogP contribution < -0.4 is 10.1 Å². The minimum absolute atomic E-state index is 0.125. The van der Waals surface area contributed by atoms with Crippen molar-refractivity contribution in [2.45, 2.75) is 19.9 Å². The van der Waals surface area contributed by atoms with Crippen LogP contribution in [0.2, 0.25) is 0 Å². The van der Waals surface area contributed by atoms with Gasteiger partial charge in [0.15, 0.2) is 5.78 Å². The molecule has 3 heteroatoms. The predicted molar refractivity (Wildman–Crippen MR) is 78.0 cm³/mol. The first kappa shape index (κ1) is 13.6. The quantitative estimate of drug-likeness (QED) is 0.837. The number of carbonyl (C=O) groups excluding carboxylic acids is 1. The van der Waals surface area contributed by atoms with Crippen LogP contribution in [0.25, 0.3) is 10.8 Å². The summed E-state index contributed by atoms with van der Waals surface area (Å²) in [7, 11) is 1.65. The largest absolute Gasteiger partial charge is 0.497 e. The van der Waals surface area contributed by atoms with E-state index in [1.165, 1.54) is 0 Å². The van der Waals surface area contributed by atoms with Gasteiger partial charge in [0.05, 0.1) is 13.2 Å². The Morgan fingerprint density at radius 2 is 1.89 bits per heavy atom. The molecule has 1 N–H and O–H groups in total. The zero-order chi connectivity index (χ0) is 13.8. The summed E-state index contributed by atoms with van der Waals surface area (Å²) < 4.78 is 5.19. The Labute approximate surface area is 113 Å². The third kappa shape index (κ3) is 2.93. The zero-order valence-electron chi connectivity index (χ0n) is 11.6. The average Bonchev–Trinajstić information content (AvgIpc) is 2.45. The van der Waals surface area contributed by atoms with Crippen LogP contribution in [0.3, 0.4) is 0 Å². The molecule has 0 aromatic heterocycles. The molecule has 2 rings (SSSR count). The van der Waals surface area contributed by atoms with Crippen LogP contribution in [0.1, 0.15) is 24.2 Å². The van der Waals surface area contributed by atoms with E-state index in [9.17, 15) is 4.79 Å². The maximum atomic E-state index is 12.2. The molecule has 0 bridgehead atoms. The average molecular weight is 257 g/mol. The van der Waals surface area contributed by atoms with Gasteiger partial charge in [-0.2, -0.15) is 0 Å². The topological polar surface area (TPSA) is 38.3 Å². The van der Waals surface area contributed by atoms with Gasteiger partial charge >= 0.3 is 0 Å². The van der Waals surface area contributed by atoms with Crippen LogP contribution in [0.15, 0.2) is 36.4 Å². The summed E-state index contributed by atoms with van der Waals surface area (Å²) in [5.41, 5.74) is 0.742. The van der Waals surface area contributed by atoms with E-state index in [1.54, 1.807) is 7.11 Å². The highest BCUT2D eigenvalue weighted by molar-refractivity contribution is 6.03. The molecular weight excluding hydrogens is 238 g/mol. The highest BCUT2D eigenvalue weighted by atomic mass is 16.5. The van der Waals surface area contributed by atoms with E-state index in [0.29, 0.717) is 0 Å². The Balaban J connectivity index is 2.34. The number of Topliss-reactive ketones (excluding diaryl/α,β-unsaturated/α-hetero) is 1. The van der Waals surface area contributed by atoms with E-state index in [4.69, 9.17) is 4.74 Å². The van der Waals surface area contributed by atoms with Gasteiger partial charge in [-0.05, 0) is 42.4 Å². The lowest BCUT2D eigenvalue weighted by molar-refractivity contribution is 0.0952. The number of hydrogen-bond acceptors (Lipinski definition) is 3. The molecule has 0 amide bonds. The molecule has 0 aliphatic heterocycles. The molecule has 0 saturated heterocycles. The molecule has 19 heavy (non-hydrogen) atoms. The Morgan fingerprint density at radius 1 is 1.21 bits per heavy atom. The number of ketones is 1. The van der Waals surface area contributed by atoms with E-state index < -0.39 is 0 Å². The van der Waals surface area contributed by atoms with Gasteiger partial charge < -0.3 is 10.1 Å². The minimum Gasteiger partial charge on any atom is -0.497 e. The number of ether oxygens (including phenoxy) is 1. The van der Waals surface area contributed by atoms with Crippen molar-refractivity contribution in [1.29, 1.82) is 0 Å². The monoisotopic (exact) mass is 257 g/mol. The summed E-state index contributed by atoms with van der Waals surface area (Å²) in [4.78, 5) is 12.2. The number of nitrogens with one attached hydrogen (secondary N) is 1. The van der Waals surface area contributed by atoms with Crippen LogP contribution in [0.4, 0.5) is 0 Å². The zero-order valence-corrected chi connectivity index (χ0v) is 11.6. The van der Waals surface area contributed by atoms with E-state index >= 15 is 0 Å². The van der Waals surface area contributed by atoms with Crippen molar-refractivity contribution in [3.8, 4) is 5.75 Å². The van der Waals surface area contributed by atoms with Crippen LogP contribution in [-0.4, -0.2) is 25.5 Å². The number of likely N-dealkylation sites (N-methyl/N-ethyl adjacent to an activating group) is 1. The van der Waals surface area contributed by atoms with Crippen molar-refractivity contribution in [1.82, 2.24) is 5.32 Å². The van der Waals surface area contributed by atoms with Crippen molar-refractivity contribution in [3.63, 3.8) is 0 Å². The van der Waals surface area contributed by atoms with Gasteiger partial charge in [0, 0.05) is 5.56 Å². The fourth-order valence-corrected chi connectivity index (χ4v) is 2.15. The highest BCUT2D eigenvalue weighted by Crippen LogP contribution is 2.22. The second-order valence-corrected chi connectivity index (χ2v) is 4.57. The van der Waals surface area contributed by atoms with Gasteiger partial charge in [0.1, 0.15) is 5.75 Å². The third-order valence-electron chi connectivity index (χ3n) is 3.24. The van der Waals surface area contributed by atoms with Crippen molar-refractivity contribution < 1.29 is 9.53 Å². The Hall–Kier alpha value is -1.87. The molecule has 0 heterocycles. The van der Waals surface area contributed by atoms with E-state index in [0.717, 1.165) is 28.6 Å². The smallest absolute Gasteiger partial charge is 0.179 e. The number of fused-ring (bicyclic) bond motifs is 1. The van der Waals surface area contributed by atoms with Gasteiger partial charge in [0.2, 0.25) is 0 Å². The molecule has 2 aromatic carbocycles. The molecule has 1 unspecified atom stereocenters. The standard InChI is InChI=1S/C16H19NO2/c1-4-17-11(2)16(18)14-6-5-13-10-15(19-3)8-7-12(13)9-14/h5-11,17H,4H2,1-3H3. The van der Waals surface area contributed by atoms with Crippen molar-refractivity contribution in [2.24, 2.45) is 0 Å². The SMILES string of the molecule is CCNC(C)C(=O)c1ccc2cc(OC)ccc2c1. The van der Waals surface area contributed by atoms with E-state index in [2.05, 4.69) is 5.32 Å². The number of methoxy groups -OCH3 is 1. The molecule has 0 saturated carbocycles. The van der Waals surface area contributed by atoms with Crippen LogP contribution in [0.5, 0.6) is 5.75 Å². The van der Waals surface area contributed by atoms with E-state index in [1.807, 2.05) is 50.2 Å². The van der Waals surface area contributed by atoms with Crippen LogP contribution in [0, 0.1) is 0 Å². The lowest BCUT2D eigenvalue weighted by atomic mass is 10.0. The normalized spacial score (nSPS) is 12.4. The minimum atomic E-state index is -0.152. The Kier molecular flexibility index (Phi) is 4.17. The van der Waals surface area contributed by atoms with Gasteiger partial charge in [-0.25, -0.2) is 0 Å². The molecule has 100 valence electrons. The number of benzene rings is 2. The van der Waals surface area contributed by atoms with Crippen LogP contribution >= 0.6 is 0 Å². The maximum Gasteiger partial charge on any atom is 0.179 e. The fourth-order valence-electron chi connectivity index (χ4n) is 2.15. The number of carbonyl (C=O) groups is 1. The fraction of sp³-hybridized carbons (Fsp3) is 0.312. The summed E-state index contributed by atoms with van der Waals surface area (Å²) in [5, 5.41) is 5.27. The maximum absolute atomic E-state index is 12.2. The highest BCUT2D eigenvalue weighted by Gasteiger charge is 2.14. The van der Waals surface area contributed by atoms with Gasteiger partial charge in [-0.1, -0.05) is 25.1 Å². The molecule has 0 aliphatic carbocycles. The first-order valence-corrected chi connectivity index (χ1v) is 6.51. The van der Waals surface area contributed by atoms with Crippen molar-refractivity contribution in [3.05, 3.63) is 42.0 Å². The molecule has 1 atom stereocenters. The Bertz CT molecular complexity index is 592. The number of hydrogen-bond donors (Lipinski definition) is 1. The molecule has 3 nitrogen and oxygen atoms in total. The summed E-state index contributed by atoms with van der Waals surface area (Å²) in [6, 6.07) is 11.5. The lowest BCUT2D eigenvalue weighted by Gasteiger charge is -2.11. The predicted octanol–water partition coefficient (Wildman–Crippen LogP) is 3.03. The second-order valence-electron chi connectivity index (χ2n) is 4.57. The van der Waals surface area contributed by atoms with Crippen LogP contribution in [-0.2, 0) is 0 Å². The van der Waals surface area contributed by atoms with Crippen molar-refractivity contribution in [2.75, 3.05) is 13.7 Å². The Morgan fingerprint density at radius 3 is 2.58 bits per heavy atom. The summed E-state index contributed by atoms with van der Waals surface area (Å²) in [6.07, 6.45) is 0. The second kappa shape index (κ2) is 5.85. The molecule has 0 spiro atoms. The van der Waals surface area contributed by atoms with Gasteiger partial charge in [0.25, 0.3) is 0 Å². The molecule has 0 fully saturated rings. The first-order chi connectivity index (χ1) is 9.15. The van der Waals surface area contributed by atoms with E-state index in [-0.39, 0.29) is 11.8 Å². The molecule has 0 aliphatic rings. The van der Waals surface area contributed by atoms with Gasteiger partial charge in [-0.3, -0.25) is 4.79 Å². The number of rotatable bonds is 5. The molecule has 2 aromatic rings. The molecule has 0 radical (unpaired) electrons. The summed E-state index contributed by atoms with van der Waals surface area (Å²) in [6.45, 7) is 4.68. The molecular formula is C16H19NO2. The first-order valence-electron chi connectivity index (χ1n) is 6.51. The van der Waals surface area contributed by atoms with Gasteiger partial charge in [-0.15, -0.1) is 0 Å².